The van der Waals surface area contributed by atoms with E-state index in [2.05, 4.69) is 10.6 Å². The molecule has 0 bridgehead atoms. The molecular weight excluding hydrogens is 281 g/mol. The van der Waals surface area contributed by atoms with Gasteiger partial charge in [0.15, 0.2) is 0 Å². The van der Waals surface area contributed by atoms with Gasteiger partial charge in [-0.1, -0.05) is 26.0 Å². The molecular formula is C15H19F3N2O. The number of carbonyl (C=O) groups excluding carboxylic acids is 1. The fourth-order valence-corrected chi connectivity index (χ4v) is 2.26. The fourth-order valence-electron chi connectivity index (χ4n) is 2.26. The highest BCUT2D eigenvalue weighted by Gasteiger charge is 2.31. The van der Waals surface area contributed by atoms with Crippen molar-refractivity contribution in [2.24, 2.45) is 11.8 Å². The van der Waals surface area contributed by atoms with E-state index in [1.165, 1.54) is 12.1 Å². The zero-order valence-corrected chi connectivity index (χ0v) is 12.0. The number of halogens is 3. The minimum atomic E-state index is -4.34. The van der Waals surface area contributed by atoms with Gasteiger partial charge in [0, 0.05) is 13.1 Å². The number of nitrogens with one attached hydrogen (secondary N) is 2. The summed E-state index contributed by atoms with van der Waals surface area (Å²) in [6.45, 7) is 5.18. The third-order valence-electron chi connectivity index (χ3n) is 3.71. The second-order valence-corrected chi connectivity index (χ2v) is 5.71. The molecule has 21 heavy (non-hydrogen) atoms. The van der Waals surface area contributed by atoms with Gasteiger partial charge in [0.25, 0.3) is 0 Å². The molecule has 1 aliphatic heterocycles. The van der Waals surface area contributed by atoms with Gasteiger partial charge < -0.3 is 10.6 Å². The van der Waals surface area contributed by atoms with Crippen molar-refractivity contribution < 1.29 is 18.0 Å². The molecule has 1 atom stereocenters. The molecule has 1 aliphatic rings. The van der Waals surface area contributed by atoms with E-state index in [0.29, 0.717) is 18.7 Å². The Hall–Kier alpha value is -1.56. The van der Waals surface area contributed by atoms with Gasteiger partial charge in [-0.3, -0.25) is 4.79 Å². The topological polar surface area (TPSA) is 41.1 Å². The van der Waals surface area contributed by atoms with Crippen molar-refractivity contribution in [1.29, 1.82) is 0 Å². The van der Waals surface area contributed by atoms with Crippen LogP contribution in [0, 0.1) is 11.8 Å². The summed E-state index contributed by atoms with van der Waals surface area (Å²) in [4.78, 5) is 12.0. The van der Waals surface area contributed by atoms with Crippen molar-refractivity contribution in [3.63, 3.8) is 0 Å². The second kappa shape index (κ2) is 6.05. The van der Waals surface area contributed by atoms with Crippen LogP contribution in [0.5, 0.6) is 0 Å². The molecule has 0 spiro atoms. The molecule has 1 fully saturated rings. The SMILES string of the molecule is CC(C)C(NC(=O)C1CNC1)c1ccc(C(F)(F)F)cc1. The minimum Gasteiger partial charge on any atom is -0.349 e. The quantitative estimate of drug-likeness (QED) is 0.897. The maximum atomic E-state index is 12.6. The highest BCUT2D eigenvalue weighted by Crippen LogP contribution is 2.31. The van der Waals surface area contributed by atoms with Gasteiger partial charge in [0.2, 0.25) is 5.91 Å². The Bertz CT molecular complexity index is 493. The Morgan fingerprint density at radius 1 is 1.24 bits per heavy atom. The summed E-state index contributed by atoms with van der Waals surface area (Å²) in [5, 5.41) is 5.96. The van der Waals surface area contributed by atoms with Gasteiger partial charge in [-0.15, -0.1) is 0 Å². The van der Waals surface area contributed by atoms with Gasteiger partial charge in [0.05, 0.1) is 17.5 Å². The van der Waals surface area contributed by atoms with E-state index in [1.807, 2.05) is 13.8 Å². The summed E-state index contributed by atoms with van der Waals surface area (Å²) >= 11 is 0. The van der Waals surface area contributed by atoms with Gasteiger partial charge in [-0.05, 0) is 23.6 Å². The Morgan fingerprint density at radius 2 is 1.81 bits per heavy atom. The van der Waals surface area contributed by atoms with E-state index in [0.717, 1.165) is 12.1 Å². The molecule has 0 aromatic heterocycles. The first-order valence-corrected chi connectivity index (χ1v) is 6.97. The molecule has 116 valence electrons. The number of amides is 1. The Morgan fingerprint density at radius 3 is 2.19 bits per heavy atom. The Balaban J connectivity index is 2.12. The first-order chi connectivity index (χ1) is 9.79. The predicted octanol–water partition coefficient (Wildman–Crippen LogP) is 2.74. The molecule has 6 heteroatoms. The maximum Gasteiger partial charge on any atom is 0.416 e. The van der Waals surface area contributed by atoms with E-state index in [9.17, 15) is 18.0 Å². The zero-order valence-electron chi connectivity index (χ0n) is 12.0. The molecule has 2 N–H and O–H groups in total. The van der Waals surface area contributed by atoms with Crippen molar-refractivity contribution in [2.75, 3.05) is 13.1 Å². The molecule has 0 radical (unpaired) electrons. The lowest BCUT2D eigenvalue weighted by molar-refractivity contribution is -0.137. The number of hydrogen-bond donors (Lipinski definition) is 2. The molecule has 0 aliphatic carbocycles. The number of carbonyl (C=O) groups is 1. The van der Waals surface area contributed by atoms with Crippen molar-refractivity contribution >= 4 is 5.91 Å². The van der Waals surface area contributed by atoms with Crippen LogP contribution in [0.4, 0.5) is 13.2 Å². The molecule has 1 aromatic carbocycles. The lowest BCUT2D eigenvalue weighted by Crippen LogP contribution is -2.51. The standard InChI is InChI=1S/C15H19F3N2O/c1-9(2)13(20-14(21)11-7-19-8-11)10-3-5-12(6-4-10)15(16,17)18/h3-6,9,11,13,19H,7-8H2,1-2H3,(H,20,21). The molecule has 1 aromatic rings. The monoisotopic (exact) mass is 300 g/mol. The van der Waals surface area contributed by atoms with Crippen molar-refractivity contribution in [2.45, 2.75) is 26.1 Å². The Kier molecular flexibility index (Phi) is 4.56. The summed E-state index contributed by atoms with van der Waals surface area (Å²) in [6.07, 6.45) is -4.34. The van der Waals surface area contributed by atoms with Gasteiger partial charge >= 0.3 is 6.18 Å². The van der Waals surface area contributed by atoms with Crippen LogP contribution in [0.15, 0.2) is 24.3 Å². The third-order valence-corrected chi connectivity index (χ3v) is 3.71. The molecule has 2 rings (SSSR count). The van der Waals surface area contributed by atoms with Crippen LogP contribution in [0.2, 0.25) is 0 Å². The molecule has 0 saturated carbocycles. The summed E-state index contributed by atoms with van der Waals surface area (Å²) in [5.41, 5.74) is 0.0157. The van der Waals surface area contributed by atoms with Crippen molar-refractivity contribution in [1.82, 2.24) is 10.6 Å². The number of benzene rings is 1. The van der Waals surface area contributed by atoms with Crippen LogP contribution in [-0.2, 0) is 11.0 Å². The van der Waals surface area contributed by atoms with Crippen LogP contribution in [-0.4, -0.2) is 19.0 Å². The van der Waals surface area contributed by atoms with Crippen LogP contribution in [0.1, 0.15) is 31.0 Å². The smallest absolute Gasteiger partial charge is 0.349 e. The number of rotatable bonds is 4. The van der Waals surface area contributed by atoms with Gasteiger partial charge in [-0.2, -0.15) is 13.2 Å². The molecule has 1 heterocycles. The predicted molar refractivity (Wildman–Crippen MR) is 73.5 cm³/mol. The van der Waals surface area contributed by atoms with Crippen LogP contribution >= 0.6 is 0 Å². The summed E-state index contributed by atoms with van der Waals surface area (Å²) in [5.74, 6) is 0.00627. The number of hydrogen-bond acceptors (Lipinski definition) is 2. The summed E-state index contributed by atoms with van der Waals surface area (Å²) < 4.78 is 37.7. The molecule has 1 saturated heterocycles. The Labute approximate surface area is 121 Å². The van der Waals surface area contributed by atoms with E-state index in [4.69, 9.17) is 0 Å². The maximum absolute atomic E-state index is 12.6. The van der Waals surface area contributed by atoms with Crippen LogP contribution in [0.3, 0.4) is 0 Å². The fraction of sp³-hybridized carbons (Fsp3) is 0.533. The van der Waals surface area contributed by atoms with Crippen molar-refractivity contribution in [3.05, 3.63) is 35.4 Å². The summed E-state index contributed by atoms with van der Waals surface area (Å²) in [7, 11) is 0. The highest BCUT2D eigenvalue weighted by atomic mass is 19.4. The van der Waals surface area contributed by atoms with Gasteiger partial charge in [-0.25, -0.2) is 0 Å². The average molecular weight is 300 g/mol. The van der Waals surface area contributed by atoms with Crippen molar-refractivity contribution in [3.8, 4) is 0 Å². The van der Waals surface area contributed by atoms with Gasteiger partial charge in [0.1, 0.15) is 0 Å². The minimum absolute atomic E-state index is 0.0410. The van der Waals surface area contributed by atoms with E-state index in [-0.39, 0.29) is 23.8 Å². The average Bonchev–Trinajstić information content (AvgIpc) is 2.32. The number of alkyl halides is 3. The first kappa shape index (κ1) is 15.8. The molecule has 3 nitrogen and oxygen atoms in total. The zero-order chi connectivity index (χ0) is 15.6. The lowest BCUT2D eigenvalue weighted by Gasteiger charge is -2.30. The lowest BCUT2D eigenvalue weighted by atomic mass is 9.93. The summed E-state index contributed by atoms with van der Waals surface area (Å²) in [6, 6.07) is 4.71. The molecule has 1 unspecified atom stereocenters. The highest BCUT2D eigenvalue weighted by molar-refractivity contribution is 5.80. The van der Waals surface area contributed by atoms with E-state index >= 15 is 0 Å². The van der Waals surface area contributed by atoms with E-state index in [1.54, 1.807) is 0 Å². The normalized spacial score (nSPS) is 17.4. The largest absolute Gasteiger partial charge is 0.416 e. The first-order valence-electron chi connectivity index (χ1n) is 6.97. The van der Waals surface area contributed by atoms with Crippen LogP contribution < -0.4 is 10.6 Å². The third kappa shape index (κ3) is 3.75. The second-order valence-electron chi connectivity index (χ2n) is 5.71. The molecule has 1 amide bonds. The van der Waals surface area contributed by atoms with E-state index < -0.39 is 11.7 Å². The van der Waals surface area contributed by atoms with Crippen LogP contribution in [0.25, 0.3) is 0 Å².